The molecule has 0 aliphatic carbocycles. The van der Waals surface area contributed by atoms with E-state index in [9.17, 15) is 2.74 Å². The molecule has 0 atom stereocenters. The quantitative estimate of drug-likeness (QED) is 0.168. The normalized spacial score (nSPS) is 13.8. The molecule has 0 saturated carbocycles. The molecule has 0 saturated heterocycles. The first-order valence-electron chi connectivity index (χ1n) is 23.9. The second-order valence-corrected chi connectivity index (χ2v) is 15.5. The molecule has 0 spiro atoms. The Morgan fingerprint density at radius 1 is 0.400 bits per heavy atom. The predicted molar refractivity (Wildman–Crippen MR) is 250 cm³/mol. The summed E-state index contributed by atoms with van der Waals surface area (Å²) in [7, 11) is 0. The summed E-state index contributed by atoms with van der Waals surface area (Å²) in [5.41, 5.74) is 6.68. The van der Waals surface area contributed by atoms with E-state index >= 15 is 0 Å². The minimum atomic E-state index is -0.553. The fourth-order valence-electron chi connectivity index (χ4n) is 8.05. The lowest BCUT2D eigenvalue weighted by Gasteiger charge is -2.11. The molecule has 3 aromatic heterocycles. The minimum Gasteiger partial charge on any atom is -0.455 e. The van der Waals surface area contributed by atoms with Crippen molar-refractivity contribution in [3.63, 3.8) is 0 Å². The summed E-state index contributed by atoms with van der Waals surface area (Å²) in [5.74, 6) is 1.18. The molecular weight excluding hydrogens is 751 g/mol. The van der Waals surface area contributed by atoms with Gasteiger partial charge in [0.2, 0.25) is 0 Å². The van der Waals surface area contributed by atoms with Crippen LogP contribution in [0.5, 0.6) is 0 Å². The van der Waals surface area contributed by atoms with Crippen LogP contribution in [0.2, 0.25) is 0 Å². The van der Waals surface area contributed by atoms with Gasteiger partial charge in [0.1, 0.15) is 11.2 Å². The Balaban J connectivity index is 1.07. The summed E-state index contributed by atoms with van der Waals surface area (Å²) in [6.45, 7) is 0. The van der Waals surface area contributed by atoms with E-state index in [2.05, 4.69) is 42.5 Å². The number of rotatable bonds is 6. The smallest absolute Gasteiger partial charge is 0.164 e. The van der Waals surface area contributed by atoms with E-state index in [1.807, 2.05) is 84.9 Å². The molecule has 280 valence electrons. The van der Waals surface area contributed by atoms with Gasteiger partial charge >= 0.3 is 0 Å². The van der Waals surface area contributed by atoms with Gasteiger partial charge in [-0.1, -0.05) is 164 Å². The Bertz CT molecular complexity index is 4140. The summed E-state index contributed by atoms with van der Waals surface area (Å²) in [5, 5.41) is 2.11. The highest BCUT2D eigenvalue weighted by Gasteiger charge is 2.19. The Labute approximate surface area is 362 Å². The number of hydrogen-bond donors (Lipinski definition) is 0. The fraction of sp³-hybridized carbons (Fsp3) is 0. The molecule has 0 bridgehead atoms. The molecule has 9 aromatic carbocycles. The van der Waals surface area contributed by atoms with E-state index in [0.29, 0.717) is 28.6 Å². The fourth-order valence-corrected chi connectivity index (χ4v) is 9.22. The van der Waals surface area contributed by atoms with Crippen molar-refractivity contribution in [1.82, 2.24) is 15.0 Å². The zero-order chi connectivity index (χ0) is 47.4. The second-order valence-electron chi connectivity index (χ2n) is 14.5. The van der Waals surface area contributed by atoms with Crippen LogP contribution in [0, 0.1) is 0 Å². The van der Waals surface area contributed by atoms with Gasteiger partial charge in [-0.25, -0.2) is 15.0 Å². The SMILES string of the molecule is [2H]c1c([2H])c(-c2cccc(-c3nc(-c4cccc(-c5ccccc5)c4)nc(-c4ccc5c(c4)sc4cccc(-c6ccccc6)c45)n3)c2)c2c(oc3c4c([2H])c([2H])c([2H])c([2H])c4c([2H])c([2H])c32)c1[2H]. The van der Waals surface area contributed by atoms with Crippen LogP contribution in [0.3, 0.4) is 0 Å². The Morgan fingerprint density at radius 3 is 1.83 bits per heavy atom. The highest BCUT2D eigenvalue weighted by Crippen LogP contribution is 2.43. The lowest BCUT2D eigenvalue weighted by Crippen LogP contribution is -2.00. The van der Waals surface area contributed by atoms with Crippen molar-refractivity contribution in [1.29, 1.82) is 0 Å². The van der Waals surface area contributed by atoms with E-state index in [0.717, 1.165) is 48.2 Å². The van der Waals surface area contributed by atoms with Gasteiger partial charge in [0, 0.05) is 53.0 Å². The van der Waals surface area contributed by atoms with Gasteiger partial charge in [-0.3, -0.25) is 0 Å². The molecule has 0 N–H and O–H groups in total. The molecule has 12 rings (SSSR count). The molecule has 60 heavy (non-hydrogen) atoms. The Hall–Kier alpha value is -7.73. The first-order chi connectivity index (χ1) is 33.5. The van der Waals surface area contributed by atoms with Gasteiger partial charge in [0.15, 0.2) is 17.5 Å². The molecule has 5 heteroatoms. The average Bonchev–Trinajstić information content (AvgIpc) is 3.97. The molecule has 0 radical (unpaired) electrons. The average molecular weight is 793 g/mol. The van der Waals surface area contributed by atoms with Crippen LogP contribution in [0.4, 0.5) is 0 Å². The van der Waals surface area contributed by atoms with Crippen LogP contribution >= 0.6 is 11.3 Å². The molecule has 0 fully saturated rings. The first-order valence-corrected chi connectivity index (χ1v) is 20.2. The highest BCUT2D eigenvalue weighted by molar-refractivity contribution is 7.26. The maximum atomic E-state index is 9.30. The number of hydrogen-bond acceptors (Lipinski definition) is 5. The molecule has 4 nitrogen and oxygen atoms in total. The number of thiophene rings is 1. The third-order valence-electron chi connectivity index (χ3n) is 10.9. The summed E-state index contributed by atoms with van der Waals surface area (Å²) in [4.78, 5) is 15.3. The lowest BCUT2D eigenvalue weighted by molar-refractivity contribution is 0.673. The van der Waals surface area contributed by atoms with Crippen LogP contribution in [0.1, 0.15) is 12.3 Å². The second kappa shape index (κ2) is 14.0. The van der Waals surface area contributed by atoms with Gasteiger partial charge in [-0.15, -0.1) is 11.3 Å². The number of aromatic nitrogens is 3. The van der Waals surface area contributed by atoms with Gasteiger partial charge in [-0.05, 0) is 75.1 Å². The van der Waals surface area contributed by atoms with Crippen molar-refractivity contribution in [3.8, 4) is 67.5 Å². The summed E-state index contributed by atoms with van der Waals surface area (Å²) >= 11 is 1.70. The molecule has 0 aliphatic heterocycles. The van der Waals surface area contributed by atoms with E-state index in [-0.39, 0.29) is 44.3 Å². The van der Waals surface area contributed by atoms with Crippen LogP contribution in [0.15, 0.2) is 204 Å². The largest absolute Gasteiger partial charge is 0.455 e. The third kappa shape index (κ3) is 5.78. The number of benzene rings is 9. The molecule has 0 aliphatic rings. The van der Waals surface area contributed by atoms with Crippen molar-refractivity contribution < 1.29 is 16.8 Å². The van der Waals surface area contributed by atoms with Crippen LogP contribution in [0.25, 0.3) is 120 Å². The Morgan fingerprint density at radius 2 is 1.05 bits per heavy atom. The standard InChI is InChI=1S/C55H33N3OS/c1-3-13-34(14-4-1)37-18-9-20-39(31-37)53-56-54(58-55(57-53)41-28-29-45-49(33-41)60-48-26-12-24-42(51(45)48)35-15-5-2-6-16-35)40-21-10-19-38(32-40)43-23-11-25-47-50(43)46-30-27-36-17-7-8-22-44(36)52(46)59-47/h1-33H/i7D,8D,11D,17D,22D,23D,25D,27D,30D. The summed E-state index contributed by atoms with van der Waals surface area (Å²) < 4.78 is 87.9. The Kier molecular flexibility index (Phi) is 6.13. The molecule has 3 heterocycles. The van der Waals surface area contributed by atoms with E-state index in [1.165, 1.54) is 5.39 Å². The number of furan rings is 1. The zero-order valence-corrected chi connectivity index (χ0v) is 32.3. The topological polar surface area (TPSA) is 51.8 Å². The van der Waals surface area contributed by atoms with Gasteiger partial charge in [-0.2, -0.15) is 0 Å². The van der Waals surface area contributed by atoms with Gasteiger partial charge in [0.25, 0.3) is 0 Å². The summed E-state index contributed by atoms with van der Waals surface area (Å²) in [6.07, 6.45) is 0. The zero-order valence-electron chi connectivity index (χ0n) is 40.5. The lowest BCUT2D eigenvalue weighted by atomic mass is 9.97. The van der Waals surface area contributed by atoms with E-state index in [4.69, 9.17) is 29.0 Å². The molecule has 12 aromatic rings. The monoisotopic (exact) mass is 792 g/mol. The maximum Gasteiger partial charge on any atom is 0.164 e. The van der Waals surface area contributed by atoms with Crippen molar-refractivity contribution in [2.45, 2.75) is 0 Å². The van der Waals surface area contributed by atoms with E-state index in [1.54, 1.807) is 29.5 Å². The number of nitrogens with zero attached hydrogens (tertiary/aromatic N) is 3. The third-order valence-corrected chi connectivity index (χ3v) is 12.0. The maximum absolute atomic E-state index is 9.30. The van der Waals surface area contributed by atoms with Crippen molar-refractivity contribution in [2.24, 2.45) is 0 Å². The van der Waals surface area contributed by atoms with Crippen LogP contribution < -0.4 is 0 Å². The molecule has 0 amide bonds. The summed E-state index contributed by atoms with van der Waals surface area (Å²) in [6, 6.07) is 44.1. The first kappa shape index (κ1) is 26.3. The highest BCUT2D eigenvalue weighted by atomic mass is 32.1. The molecular formula is C55H33N3OS. The predicted octanol–water partition coefficient (Wildman–Crippen LogP) is 15.3. The van der Waals surface area contributed by atoms with Crippen LogP contribution in [-0.2, 0) is 0 Å². The van der Waals surface area contributed by atoms with Crippen LogP contribution in [-0.4, -0.2) is 15.0 Å². The van der Waals surface area contributed by atoms with Gasteiger partial charge < -0.3 is 4.42 Å². The minimum absolute atomic E-state index is 0.00508. The number of fused-ring (bicyclic) bond motifs is 8. The van der Waals surface area contributed by atoms with Crippen molar-refractivity contribution >= 4 is 64.2 Å². The van der Waals surface area contributed by atoms with Gasteiger partial charge in [0.05, 0.1) is 12.3 Å². The van der Waals surface area contributed by atoms with Crippen molar-refractivity contribution in [3.05, 3.63) is 200 Å². The molecule has 0 unspecified atom stereocenters. The van der Waals surface area contributed by atoms with Crippen molar-refractivity contribution in [2.75, 3.05) is 0 Å². The van der Waals surface area contributed by atoms with E-state index < -0.39 is 48.3 Å².